The summed E-state index contributed by atoms with van der Waals surface area (Å²) in [4.78, 5) is 60.3. The number of carbonyl (C=O) groups excluding carboxylic acids is 2. The van der Waals surface area contributed by atoms with Gasteiger partial charge in [-0.25, -0.2) is 23.9 Å². The van der Waals surface area contributed by atoms with E-state index >= 15 is 0 Å². The number of hydrogen-bond donors (Lipinski definition) is 0. The van der Waals surface area contributed by atoms with Gasteiger partial charge in [0.15, 0.2) is 11.2 Å². The maximum atomic E-state index is 14.0. The van der Waals surface area contributed by atoms with Crippen LogP contribution in [0.2, 0.25) is 5.02 Å². The van der Waals surface area contributed by atoms with E-state index < -0.39 is 40.7 Å². The van der Waals surface area contributed by atoms with E-state index in [1.165, 1.54) is 21.1 Å². The van der Waals surface area contributed by atoms with Crippen molar-refractivity contribution in [3.8, 4) is 0 Å². The molecule has 3 aromatic heterocycles. The van der Waals surface area contributed by atoms with E-state index in [1.54, 1.807) is 77.4 Å². The molecule has 0 aliphatic carbocycles. The molecule has 0 saturated carbocycles. The minimum absolute atomic E-state index is 0.134. The van der Waals surface area contributed by atoms with Crippen LogP contribution in [0, 0.1) is 0 Å². The number of fused-ring (bicyclic) bond motifs is 2. The van der Waals surface area contributed by atoms with Crippen LogP contribution in [0.3, 0.4) is 0 Å². The fourth-order valence-electron chi connectivity index (χ4n) is 5.31. The quantitative estimate of drug-likeness (QED) is 0.330. The normalized spacial score (nSPS) is 16.1. The second-order valence-corrected chi connectivity index (χ2v) is 13.2. The summed E-state index contributed by atoms with van der Waals surface area (Å²) in [6, 6.07) is 6.13. The molecule has 1 aromatic carbocycles. The molecule has 1 aliphatic heterocycles. The Morgan fingerprint density at radius 1 is 1.02 bits per heavy atom. The molecule has 0 bridgehead atoms. The van der Waals surface area contributed by atoms with Gasteiger partial charge in [-0.3, -0.25) is 18.8 Å². The molecule has 236 valence electrons. The Hall–Kier alpha value is -4.10. The van der Waals surface area contributed by atoms with Gasteiger partial charge >= 0.3 is 17.9 Å². The average molecular weight is 629 g/mol. The van der Waals surface area contributed by atoms with E-state index in [2.05, 4.69) is 4.98 Å². The molecule has 1 amide bonds. The van der Waals surface area contributed by atoms with Crippen molar-refractivity contribution in [2.24, 2.45) is 14.1 Å². The smallest absolute Gasteiger partial charge is 0.419 e. The zero-order valence-corrected chi connectivity index (χ0v) is 26.9. The van der Waals surface area contributed by atoms with Gasteiger partial charge in [-0.2, -0.15) is 0 Å². The van der Waals surface area contributed by atoms with E-state index in [0.717, 1.165) is 4.57 Å². The van der Waals surface area contributed by atoms with Gasteiger partial charge in [-0.1, -0.05) is 17.7 Å². The van der Waals surface area contributed by atoms with Gasteiger partial charge in [0.1, 0.15) is 23.1 Å². The summed E-state index contributed by atoms with van der Waals surface area (Å²) in [5, 5.41) is 0.977. The largest absolute Gasteiger partial charge is 0.444 e. The van der Waals surface area contributed by atoms with E-state index in [0.29, 0.717) is 34.1 Å². The van der Waals surface area contributed by atoms with Crippen molar-refractivity contribution in [2.45, 2.75) is 65.3 Å². The number of imidazole rings is 1. The van der Waals surface area contributed by atoms with Gasteiger partial charge < -0.3 is 18.8 Å². The van der Waals surface area contributed by atoms with E-state index in [4.69, 9.17) is 25.8 Å². The van der Waals surface area contributed by atoms with Crippen molar-refractivity contribution >= 4 is 45.9 Å². The lowest BCUT2D eigenvalue weighted by molar-refractivity contribution is -0.0355. The van der Waals surface area contributed by atoms with Crippen LogP contribution in [-0.2, 0) is 34.9 Å². The number of morpholine rings is 1. The first-order valence-electron chi connectivity index (χ1n) is 14.2. The van der Waals surface area contributed by atoms with Crippen molar-refractivity contribution in [3.63, 3.8) is 0 Å². The Morgan fingerprint density at radius 3 is 2.34 bits per heavy atom. The molecule has 1 unspecified atom stereocenters. The maximum Gasteiger partial charge on any atom is 0.419 e. The molecule has 0 N–H and O–H groups in total. The third-order valence-electron chi connectivity index (χ3n) is 7.21. The van der Waals surface area contributed by atoms with Crippen LogP contribution in [0.25, 0.3) is 22.1 Å². The SMILES string of the molecule is Cn1c(C2COCCN2C(=O)OC(C)(C)C)nc2c1c(=O)n(Cc1cc3c(Cl)cccc3n1C(=O)OC(C)(C)C)c(=O)n2C. The fourth-order valence-corrected chi connectivity index (χ4v) is 5.53. The number of amides is 1. The summed E-state index contributed by atoms with van der Waals surface area (Å²) in [6.07, 6.45) is -1.20. The number of ether oxygens (including phenoxy) is 3. The van der Waals surface area contributed by atoms with Crippen LogP contribution >= 0.6 is 11.6 Å². The predicted molar refractivity (Wildman–Crippen MR) is 164 cm³/mol. The number of rotatable bonds is 3. The topological polar surface area (TPSA) is 132 Å². The van der Waals surface area contributed by atoms with Gasteiger partial charge in [0.25, 0.3) is 5.56 Å². The second-order valence-electron chi connectivity index (χ2n) is 12.8. The van der Waals surface area contributed by atoms with Crippen molar-refractivity contribution < 1.29 is 23.8 Å². The number of hydrogen-bond acceptors (Lipinski definition) is 8. The first-order valence-corrected chi connectivity index (χ1v) is 14.6. The molecule has 4 aromatic rings. The number of benzene rings is 1. The molecular weight excluding hydrogens is 592 g/mol. The molecule has 1 aliphatic rings. The number of halogens is 1. The van der Waals surface area contributed by atoms with Crippen LogP contribution in [0.15, 0.2) is 33.9 Å². The highest BCUT2D eigenvalue weighted by atomic mass is 35.5. The molecular formula is C30H37ClN6O7. The Labute approximate surface area is 258 Å². The van der Waals surface area contributed by atoms with Crippen LogP contribution in [0.1, 0.15) is 59.1 Å². The zero-order valence-electron chi connectivity index (χ0n) is 26.1. The third kappa shape index (κ3) is 5.73. The highest BCUT2D eigenvalue weighted by molar-refractivity contribution is 6.35. The minimum Gasteiger partial charge on any atom is -0.444 e. The molecule has 44 heavy (non-hydrogen) atoms. The molecule has 5 rings (SSSR count). The molecule has 1 fully saturated rings. The second kappa shape index (κ2) is 11.1. The van der Waals surface area contributed by atoms with Gasteiger partial charge in [-0.05, 0) is 59.7 Å². The minimum atomic E-state index is -0.795. The summed E-state index contributed by atoms with van der Waals surface area (Å²) in [7, 11) is 3.17. The van der Waals surface area contributed by atoms with E-state index in [9.17, 15) is 19.2 Å². The van der Waals surface area contributed by atoms with Crippen molar-refractivity contribution in [2.75, 3.05) is 19.8 Å². The average Bonchev–Trinajstić information content (AvgIpc) is 3.46. The van der Waals surface area contributed by atoms with Gasteiger partial charge in [-0.15, -0.1) is 0 Å². The zero-order chi connectivity index (χ0) is 32.3. The molecule has 0 spiro atoms. The third-order valence-corrected chi connectivity index (χ3v) is 7.54. The Balaban J connectivity index is 1.64. The summed E-state index contributed by atoms with van der Waals surface area (Å²) in [6.45, 7) is 11.1. The molecule has 0 radical (unpaired) electrons. The number of aromatic nitrogens is 5. The lowest BCUT2D eigenvalue weighted by Gasteiger charge is -2.36. The number of carbonyl (C=O) groups is 2. The van der Waals surface area contributed by atoms with E-state index in [1.807, 2.05) is 0 Å². The number of nitrogens with zero attached hydrogens (tertiary/aromatic N) is 6. The molecule has 1 atom stereocenters. The van der Waals surface area contributed by atoms with Crippen LogP contribution in [0.5, 0.6) is 0 Å². The van der Waals surface area contributed by atoms with Crippen molar-refractivity contribution in [1.82, 2.24) is 28.2 Å². The molecule has 14 heteroatoms. The lowest BCUT2D eigenvalue weighted by Crippen LogP contribution is -2.46. The van der Waals surface area contributed by atoms with Crippen LogP contribution < -0.4 is 11.2 Å². The standard InChI is InChI=1S/C30H37ClN6O7/c1-29(2,3)43-27(40)35-12-13-42-16-21(35)23-32-24-22(33(23)7)25(38)36(26(39)34(24)8)15-17-14-18-19(31)10-9-11-20(18)37(17)28(41)44-30(4,5)6/h9-11,14,21H,12-13,15-16H2,1-8H3. The highest BCUT2D eigenvalue weighted by Crippen LogP contribution is 2.29. The Bertz CT molecular complexity index is 1900. The Kier molecular flexibility index (Phi) is 7.91. The summed E-state index contributed by atoms with van der Waals surface area (Å²) in [5.41, 5.74) is -1.64. The summed E-state index contributed by atoms with van der Waals surface area (Å²) < 4.78 is 22.2. The van der Waals surface area contributed by atoms with Crippen molar-refractivity contribution in [3.05, 3.63) is 61.6 Å². The van der Waals surface area contributed by atoms with Crippen molar-refractivity contribution in [1.29, 1.82) is 0 Å². The fraction of sp³-hybridized carbons (Fsp3) is 0.500. The predicted octanol–water partition coefficient (Wildman–Crippen LogP) is 4.18. The summed E-state index contributed by atoms with van der Waals surface area (Å²) in [5.74, 6) is 0.366. The monoisotopic (exact) mass is 628 g/mol. The maximum absolute atomic E-state index is 14.0. The molecule has 1 saturated heterocycles. The van der Waals surface area contributed by atoms with Gasteiger partial charge in [0.2, 0.25) is 0 Å². The Morgan fingerprint density at radius 2 is 1.68 bits per heavy atom. The van der Waals surface area contributed by atoms with E-state index in [-0.39, 0.29) is 30.9 Å². The van der Waals surface area contributed by atoms with Crippen LogP contribution in [0.4, 0.5) is 9.59 Å². The highest BCUT2D eigenvalue weighted by Gasteiger charge is 2.36. The summed E-state index contributed by atoms with van der Waals surface area (Å²) >= 11 is 6.46. The van der Waals surface area contributed by atoms with Gasteiger partial charge in [0.05, 0.1) is 31.0 Å². The lowest BCUT2D eigenvalue weighted by atomic mass is 10.2. The number of aryl methyl sites for hydroxylation is 2. The van der Waals surface area contributed by atoms with Gasteiger partial charge in [0, 0.05) is 31.0 Å². The molecule has 13 nitrogen and oxygen atoms in total. The molecule has 4 heterocycles. The van der Waals surface area contributed by atoms with Crippen LogP contribution in [-0.4, -0.2) is 71.3 Å². The first kappa shape index (κ1) is 31.3. The first-order chi connectivity index (χ1) is 20.5.